The van der Waals surface area contributed by atoms with E-state index in [0.717, 1.165) is 16.6 Å². The third-order valence-electron chi connectivity index (χ3n) is 3.57. The predicted molar refractivity (Wildman–Crippen MR) is 65.9 cm³/mol. The molecule has 0 spiro atoms. The van der Waals surface area contributed by atoms with Crippen LogP contribution < -0.4 is 5.43 Å². The quantitative estimate of drug-likeness (QED) is 0.775. The van der Waals surface area contributed by atoms with Gasteiger partial charge in [0.25, 0.3) is 0 Å². The molecule has 3 rings (SSSR count). The minimum Gasteiger partial charge on any atom is -0.358 e. The van der Waals surface area contributed by atoms with E-state index in [0.29, 0.717) is 5.92 Å². The van der Waals surface area contributed by atoms with E-state index in [-0.39, 0.29) is 5.43 Å². The van der Waals surface area contributed by atoms with Crippen molar-refractivity contribution < 1.29 is 0 Å². The number of aromatic nitrogens is 1. The maximum Gasteiger partial charge on any atom is 0.189 e. The number of aromatic amines is 1. The fourth-order valence-electron chi connectivity index (χ4n) is 2.40. The monoisotopic (exact) mass is 213 g/mol. The first-order valence-corrected chi connectivity index (χ1v) is 5.87. The van der Waals surface area contributed by atoms with Crippen molar-refractivity contribution in [3.05, 3.63) is 45.7 Å². The third kappa shape index (κ3) is 1.45. The number of aryl methyl sites for hydroxylation is 1. The van der Waals surface area contributed by atoms with Crippen molar-refractivity contribution in [3.8, 4) is 0 Å². The van der Waals surface area contributed by atoms with Crippen LogP contribution in [0.4, 0.5) is 0 Å². The van der Waals surface area contributed by atoms with Crippen molar-refractivity contribution in [2.45, 2.75) is 32.1 Å². The van der Waals surface area contributed by atoms with Gasteiger partial charge in [-0.2, -0.15) is 0 Å². The van der Waals surface area contributed by atoms with Crippen LogP contribution in [0.3, 0.4) is 0 Å². The van der Waals surface area contributed by atoms with Crippen LogP contribution in [0.5, 0.6) is 0 Å². The summed E-state index contributed by atoms with van der Waals surface area (Å²) in [5.74, 6) is 0.716. The van der Waals surface area contributed by atoms with E-state index in [1.807, 2.05) is 13.0 Å². The zero-order valence-corrected chi connectivity index (χ0v) is 9.42. The Balaban J connectivity index is 2.20. The molecule has 1 aromatic heterocycles. The summed E-state index contributed by atoms with van der Waals surface area (Å²) in [6, 6.07) is 7.87. The summed E-state index contributed by atoms with van der Waals surface area (Å²) in [5.41, 5.74) is 3.41. The summed E-state index contributed by atoms with van der Waals surface area (Å²) >= 11 is 0. The van der Waals surface area contributed by atoms with Crippen molar-refractivity contribution >= 4 is 10.9 Å². The second kappa shape index (κ2) is 3.48. The average Bonchev–Trinajstić information content (AvgIpc) is 2.13. The van der Waals surface area contributed by atoms with Gasteiger partial charge in [0.1, 0.15) is 0 Å². The number of benzene rings is 1. The van der Waals surface area contributed by atoms with E-state index in [1.165, 1.54) is 24.8 Å². The second-order valence-electron chi connectivity index (χ2n) is 4.75. The Kier molecular flexibility index (Phi) is 2.10. The fraction of sp³-hybridized carbons (Fsp3) is 0.357. The molecule has 2 nitrogen and oxygen atoms in total. The SMILES string of the molecule is Cc1cc(=O)c2ccc(C3CCC3)cc2[nH]1. The van der Waals surface area contributed by atoms with Crippen molar-refractivity contribution in [1.29, 1.82) is 0 Å². The minimum atomic E-state index is 0.117. The van der Waals surface area contributed by atoms with Gasteiger partial charge in [-0.3, -0.25) is 4.79 Å². The predicted octanol–water partition coefficient (Wildman–Crippen LogP) is 3.10. The van der Waals surface area contributed by atoms with E-state index in [9.17, 15) is 4.79 Å². The first kappa shape index (κ1) is 9.64. The van der Waals surface area contributed by atoms with Gasteiger partial charge in [0.05, 0.1) is 0 Å². The van der Waals surface area contributed by atoms with Gasteiger partial charge in [-0.1, -0.05) is 12.5 Å². The van der Waals surface area contributed by atoms with Crippen molar-refractivity contribution in [1.82, 2.24) is 4.98 Å². The summed E-state index contributed by atoms with van der Waals surface area (Å²) in [7, 11) is 0. The molecule has 1 N–H and O–H groups in total. The molecule has 1 heterocycles. The highest BCUT2D eigenvalue weighted by Crippen LogP contribution is 2.36. The molecule has 0 bridgehead atoms. The first-order chi connectivity index (χ1) is 7.74. The Labute approximate surface area is 94.3 Å². The van der Waals surface area contributed by atoms with Crippen molar-refractivity contribution in [2.75, 3.05) is 0 Å². The number of pyridine rings is 1. The molecule has 0 radical (unpaired) electrons. The van der Waals surface area contributed by atoms with E-state index in [2.05, 4.69) is 17.1 Å². The Morgan fingerprint density at radius 3 is 2.75 bits per heavy atom. The minimum absolute atomic E-state index is 0.117. The molecular formula is C14H15NO. The second-order valence-corrected chi connectivity index (χ2v) is 4.75. The molecule has 1 aliphatic carbocycles. The topological polar surface area (TPSA) is 32.9 Å². The van der Waals surface area contributed by atoms with Gasteiger partial charge in [0.15, 0.2) is 5.43 Å². The zero-order chi connectivity index (χ0) is 11.1. The lowest BCUT2D eigenvalue weighted by Crippen LogP contribution is -2.09. The van der Waals surface area contributed by atoms with Crippen LogP contribution in [0, 0.1) is 6.92 Å². The average molecular weight is 213 g/mol. The lowest BCUT2D eigenvalue weighted by molar-refractivity contribution is 0.420. The molecule has 2 aromatic rings. The number of rotatable bonds is 1. The summed E-state index contributed by atoms with van der Waals surface area (Å²) in [4.78, 5) is 15.0. The number of hydrogen-bond acceptors (Lipinski definition) is 1. The van der Waals surface area contributed by atoms with Crippen molar-refractivity contribution in [2.24, 2.45) is 0 Å². The highest BCUT2D eigenvalue weighted by Gasteiger charge is 2.19. The molecule has 16 heavy (non-hydrogen) atoms. The highest BCUT2D eigenvalue weighted by atomic mass is 16.1. The molecule has 0 aliphatic heterocycles. The molecule has 0 amide bonds. The fourth-order valence-corrected chi connectivity index (χ4v) is 2.40. The molecule has 82 valence electrons. The smallest absolute Gasteiger partial charge is 0.189 e. The van der Waals surface area contributed by atoms with Gasteiger partial charge in [0.2, 0.25) is 0 Å². The van der Waals surface area contributed by atoms with Crippen LogP contribution in [-0.2, 0) is 0 Å². The number of fused-ring (bicyclic) bond motifs is 1. The van der Waals surface area contributed by atoms with E-state index in [4.69, 9.17) is 0 Å². The van der Waals surface area contributed by atoms with Gasteiger partial charge in [0, 0.05) is 22.7 Å². The summed E-state index contributed by atoms with van der Waals surface area (Å²) < 4.78 is 0. The van der Waals surface area contributed by atoms with Gasteiger partial charge >= 0.3 is 0 Å². The van der Waals surface area contributed by atoms with E-state index < -0.39 is 0 Å². The summed E-state index contributed by atoms with van der Waals surface area (Å²) in [6.07, 6.45) is 3.93. The molecule has 1 saturated carbocycles. The molecule has 2 heteroatoms. The highest BCUT2D eigenvalue weighted by molar-refractivity contribution is 5.79. The number of H-pyrrole nitrogens is 1. The van der Waals surface area contributed by atoms with Crippen LogP contribution in [0.2, 0.25) is 0 Å². The Morgan fingerprint density at radius 2 is 2.06 bits per heavy atom. The largest absolute Gasteiger partial charge is 0.358 e. The lowest BCUT2D eigenvalue weighted by Gasteiger charge is -2.25. The molecular weight excluding hydrogens is 198 g/mol. The summed E-state index contributed by atoms with van der Waals surface area (Å²) in [6.45, 7) is 1.93. The number of nitrogens with one attached hydrogen (secondary N) is 1. The standard InChI is InChI=1S/C14H15NO/c1-9-7-14(16)12-6-5-11(8-13(12)15-9)10-3-2-4-10/h5-8,10H,2-4H2,1H3,(H,15,16). The van der Waals surface area contributed by atoms with Crippen molar-refractivity contribution in [3.63, 3.8) is 0 Å². The lowest BCUT2D eigenvalue weighted by atomic mass is 9.80. The molecule has 0 saturated heterocycles. The number of hydrogen-bond donors (Lipinski definition) is 1. The Bertz CT molecular complexity index is 593. The van der Waals surface area contributed by atoms with Crippen LogP contribution in [0.1, 0.15) is 36.4 Å². The molecule has 0 unspecified atom stereocenters. The third-order valence-corrected chi connectivity index (χ3v) is 3.57. The van der Waals surface area contributed by atoms with Crippen LogP contribution in [0.15, 0.2) is 29.1 Å². The Hall–Kier alpha value is -1.57. The zero-order valence-electron chi connectivity index (χ0n) is 9.42. The van der Waals surface area contributed by atoms with E-state index in [1.54, 1.807) is 6.07 Å². The van der Waals surface area contributed by atoms with E-state index >= 15 is 0 Å². The van der Waals surface area contributed by atoms with Gasteiger partial charge in [-0.05, 0) is 43.4 Å². The molecule has 1 fully saturated rings. The van der Waals surface area contributed by atoms with Gasteiger partial charge < -0.3 is 4.98 Å². The van der Waals surface area contributed by atoms with Crippen LogP contribution in [-0.4, -0.2) is 4.98 Å². The normalized spacial score (nSPS) is 16.3. The maximum atomic E-state index is 11.7. The summed E-state index contributed by atoms with van der Waals surface area (Å²) in [5, 5.41) is 0.800. The van der Waals surface area contributed by atoms with Gasteiger partial charge in [-0.15, -0.1) is 0 Å². The van der Waals surface area contributed by atoms with Crippen LogP contribution >= 0.6 is 0 Å². The Morgan fingerprint density at radius 1 is 1.25 bits per heavy atom. The molecule has 1 aromatic carbocycles. The molecule has 1 aliphatic rings. The first-order valence-electron chi connectivity index (χ1n) is 5.87. The van der Waals surface area contributed by atoms with Gasteiger partial charge in [-0.25, -0.2) is 0 Å². The molecule has 0 atom stereocenters. The van der Waals surface area contributed by atoms with Crippen LogP contribution in [0.25, 0.3) is 10.9 Å². The maximum absolute atomic E-state index is 11.7.